The average molecular weight is 178 g/mol. The van der Waals surface area contributed by atoms with E-state index in [0.717, 1.165) is 0 Å². The highest BCUT2D eigenvalue weighted by Crippen LogP contribution is 2.05. The van der Waals surface area contributed by atoms with Crippen molar-refractivity contribution in [1.82, 2.24) is 5.32 Å². The van der Waals surface area contributed by atoms with Crippen LogP contribution in [-0.4, -0.2) is 30.4 Å². The van der Waals surface area contributed by atoms with E-state index >= 15 is 0 Å². The van der Waals surface area contributed by atoms with Crippen LogP contribution in [-0.2, 0) is 14.3 Å². The number of esters is 1. The lowest BCUT2D eigenvalue weighted by molar-refractivity contribution is -0.141. The zero-order valence-corrected chi connectivity index (χ0v) is 6.56. The maximum absolute atomic E-state index is 10.7. The SMILES string of the molecule is O=C(CCl)N[C@H]1CCOC1=O. The lowest BCUT2D eigenvalue weighted by Crippen LogP contribution is -2.38. The smallest absolute Gasteiger partial charge is 0.328 e. The van der Waals surface area contributed by atoms with Crippen molar-refractivity contribution in [1.29, 1.82) is 0 Å². The van der Waals surface area contributed by atoms with Crippen LogP contribution >= 0.6 is 11.6 Å². The van der Waals surface area contributed by atoms with E-state index in [2.05, 4.69) is 10.1 Å². The minimum atomic E-state index is -0.485. The molecule has 1 rings (SSSR count). The maximum Gasteiger partial charge on any atom is 0.328 e. The molecule has 0 aromatic carbocycles. The third-order valence-electron chi connectivity index (χ3n) is 1.39. The Hall–Kier alpha value is -0.770. The highest BCUT2D eigenvalue weighted by molar-refractivity contribution is 6.27. The molecule has 1 amide bonds. The van der Waals surface area contributed by atoms with Crippen molar-refractivity contribution in [2.24, 2.45) is 0 Å². The summed E-state index contributed by atoms with van der Waals surface area (Å²) in [6, 6.07) is -0.485. The molecule has 4 nitrogen and oxygen atoms in total. The summed E-state index contributed by atoms with van der Waals surface area (Å²) in [5, 5.41) is 2.43. The zero-order valence-electron chi connectivity index (χ0n) is 5.80. The van der Waals surface area contributed by atoms with E-state index in [1.54, 1.807) is 0 Å². The Morgan fingerprint density at radius 1 is 1.82 bits per heavy atom. The van der Waals surface area contributed by atoms with Crippen molar-refractivity contribution < 1.29 is 14.3 Å². The van der Waals surface area contributed by atoms with Gasteiger partial charge in [0.15, 0.2) is 0 Å². The van der Waals surface area contributed by atoms with Crippen LogP contribution in [0.1, 0.15) is 6.42 Å². The Morgan fingerprint density at radius 2 is 2.55 bits per heavy atom. The van der Waals surface area contributed by atoms with Crippen molar-refractivity contribution in [2.75, 3.05) is 12.5 Å². The number of alkyl halides is 1. The predicted octanol–water partition coefficient (Wildman–Crippen LogP) is -0.343. The number of nitrogens with one attached hydrogen (secondary N) is 1. The monoisotopic (exact) mass is 177 g/mol. The molecular formula is C6H8ClNO3. The summed E-state index contributed by atoms with van der Waals surface area (Å²) in [7, 11) is 0. The first kappa shape index (κ1) is 8.33. The van der Waals surface area contributed by atoms with E-state index in [1.807, 2.05) is 0 Å². The maximum atomic E-state index is 10.7. The second-order valence-corrected chi connectivity index (χ2v) is 2.48. The Kier molecular flexibility index (Phi) is 2.70. The summed E-state index contributed by atoms with van der Waals surface area (Å²) < 4.78 is 4.61. The molecule has 0 aromatic heterocycles. The number of cyclic esters (lactones) is 1. The molecule has 1 fully saturated rings. The van der Waals surface area contributed by atoms with E-state index in [1.165, 1.54) is 0 Å². The second kappa shape index (κ2) is 3.57. The number of ether oxygens (including phenoxy) is 1. The number of carbonyl (C=O) groups excluding carboxylic acids is 2. The molecule has 0 radical (unpaired) electrons. The molecule has 0 aromatic rings. The van der Waals surface area contributed by atoms with Gasteiger partial charge in [-0.15, -0.1) is 11.6 Å². The van der Waals surface area contributed by atoms with Gasteiger partial charge < -0.3 is 10.1 Å². The van der Waals surface area contributed by atoms with Gasteiger partial charge in [0.25, 0.3) is 0 Å². The largest absolute Gasteiger partial charge is 0.464 e. The van der Waals surface area contributed by atoms with Gasteiger partial charge in [-0.25, -0.2) is 4.79 Å². The van der Waals surface area contributed by atoms with Gasteiger partial charge in [0, 0.05) is 6.42 Å². The van der Waals surface area contributed by atoms with Crippen molar-refractivity contribution in [3.8, 4) is 0 Å². The Bertz CT molecular complexity index is 183. The van der Waals surface area contributed by atoms with Crippen LogP contribution < -0.4 is 5.32 Å². The Labute approximate surface area is 68.8 Å². The summed E-state index contributed by atoms with van der Waals surface area (Å²) in [5.74, 6) is -0.831. The van der Waals surface area contributed by atoms with Crippen LogP contribution in [0, 0.1) is 0 Å². The molecule has 0 bridgehead atoms. The summed E-state index contributed by atoms with van der Waals surface area (Å²) in [6.07, 6.45) is 0.543. The Balaban J connectivity index is 2.36. The molecule has 1 aliphatic heterocycles. The lowest BCUT2D eigenvalue weighted by atomic mass is 10.2. The first-order chi connectivity index (χ1) is 5.24. The van der Waals surface area contributed by atoms with Crippen molar-refractivity contribution in [3.63, 3.8) is 0 Å². The van der Waals surface area contributed by atoms with Gasteiger partial charge >= 0.3 is 5.97 Å². The van der Waals surface area contributed by atoms with Gasteiger partial charge in [0.05, 0.1) is 6.61 Å². The van der Waals surface area contributed by atoms with Crippen molar-refractivity contribution in [2.45, 2.75) is 12.5 Å². The Morgan fingerprint density at radius 3 is 3.00 bits per heavy atom. The standard InChI is InChI=1S/C6H8ClNO3/c7-3-5(9)8-4-1-2-11-6(4)10/h4H,1-3H2,(H,8,9)/t4-/m0/s1. The third kappa shape index (κ3) is 2.08. The topological polar surface area (TPSA) is 55.4 Å². The lowest BCUT2D eigenvalue weighted by Gasteiger charge is -2.05. The molecule has 62 valence electrons. The van der Waals surface area contributed by atoms with E-state index in [9.17, 15) is 9.59 Å². The molecule has 0 unspecified atom stereocenters. The summed E-state index contributed by atoms with van der Waals surface area (Å²) in [4.78, 5) is 21.4. The van der Waals surface area contributed by atoms with Gasteiger partial charge in [0.2, 0.25) is 5.91 Å². The summed E-state index contributed by atoms with van der Waals surface area (Å²) in [6.45, 7) is 0.381. The number of rotatable bonds is 2. The molecule has 1 heterocycles. The average Bonchev–Trinajstić information content (AvgIpc) is 2.37. The molecule has 0 saturated carbocycles. The van der Waals surface area contributed by atoms with Gasteiger partial charge in [-0.2, -0.15) is 0 Å². The molecular weight excluding hydrogens is 170 g/mol. The number of halogens is 1. The molecule has 5 heteroatoms. The van der Waals surface area contributed by atoms with Crippen molar-refractivity contribution >= 4 is 23.5 Å². The fourth-order valence-electron chi connectivity index (χ4n) is 0.860. The number of hydrogen-bond donors (Lipinski definition) is 1. The molecule has 0 aliphatic carbocycles. The molecule has 1 N–H and O–H groups in total. The summed E-state index contributed by atoms with van der Waals surface area (Å²) in [5.41, 5.74) is 0. The van der Waals surface area contributed by atoms with Crippen molar-refractivity contribution in [3.05, 3.63) is 0 Å². The normalized spacial score (nSPS) is 23.0. The first-order valence-corrected chi connectivity index (χ1v) is 3.79. The van der Waals surface area contributed by atoms with E-state index in [4.69, 9.17) is 11.6 Å². The van der Waals surface area contributed by atoms with Gasteiger partial charge in [0.1, 0.15) is 11.9 Å². The van der Waals surface area contributed by atoms with Gasteiger partial charge in [-0.3, -0.25) is 4.79 Å². The predicted molar refractivity (Wildman–Crippen MR) is 38.2 cm³/mol. The highest BCUT2D eigenvalue weighted by atomic mass is 35.5. The molecule has 1 atom stereocenters. The molecule has 1 aliphatic rings. The minimum absolute atomic E-state index is 0.121. The van der Waals surface area contributed by atoms with Crippen LogP contribution in [0.3, 0.4) is 0 Å². The first-order valence-electron chi connectivity index (χ1n) is 3.26. The van der Waals surface area contributed by atoms with E-state index in [-0.39, 0.29) is 17.8 Å². The number of carbonyl (C=O) groups is 2. The van der Waals surface area contributed by atoms with Crippen LogP contribution in [0.5, 0.6) is 0 Å². The third-order valence-corrected chi connectivity index (χ3v) is 1.63. The minimum Gasteiger partial charge on any atom is -0.464 e. The number of amides is 1. The van der Waals surface area contributed by atoms with E-state index in [0.29, 0.717) is 13.0 Å². The molecule has 0 spiro atoms. The van der Waals surface area contributed by atoms with Gasteiger partial charge in [-0.05, 0) is 0 Å². The van der Waals surface area contributed by atoms with Crippen LogP contribution in [0.4, 0.5) is 0 Å². The fourth-order valence-corrected chi connectivity index (χ4v) is 0.937. The number of hydrogen-bond acceptors (Lipinski definition) is 3. The van der Waals surface area contributed by atoms with Crippen LogP contribution in [0.15, 0.2) is 0 Å². The molecule has 1 saturated heterocycles. The summed E-state index contributed by atoms with van der Waals surface area (Å²) >= 11 is 5.21. The fraction of sp³-hybridized carbons (Fsp3) is 0.667. The molecule has 11 heavy (non-hydrogen) atoms. The van der Waals surface area contributed by atoms with Crippen LogP contribution in [0.2, 0.25) is 0 Å². The van der Waals surface area contributed by atoms with Crippen LogP contribution in [0.25, 0.3) is 0 Å². The zero-order chi connectivity index (χ0) is 8.27. The highest BCUT2D eigenvalue weighted by Gasteiger charge is 2.27. The van der Waals surface area contributed by atoms with E-state index < -0.39 is 6.04 Å². The quantitative estimate of drug-likeness (QED) is 0.464. The second-order valence-electron chi connectivity index (χ2n) is 2.21. The van der Waals surface area contributed by atoms with Gasteiger partial charge in [-0.1, -0.05) is 0 Å².